The van der Waals surface area contributed by atoms with Gasteiger partial charge >= 0.3 is 0 Å². The van der Waals surface area contributed by atoms with E-state index in [2.05, 4.69) is 4.98 Å². The summed E-state index contributed by atoms with van der Waals surface area (Å²) in [6, 6.07) is 11.4. The topological polar surface area (TPSA) is 99.5 Å². The van der Waals surface area contributed by atoms with Crippen molar-refractivity contribution in [2.24, 2.45) is 0 Å². The maximum atomic E-state index is 13.2. The zero-order valence-corrected chi connectivity index (χ0v) is 17.7. The van der Waals surface area contributed by atoms with Crippen molar-refractivity contribution in [3.63, 3.8) is 0 Å². The van der Waals surface area contributed by atoms with Gasteiger partial charge in [-0.1, -0.05) is 35.9 Å². The number of hydrogen-bond donors (Lipinski definition) is 1. The fourth-order valence-electron chi connectivity index (χ4n) is 4.38. The number of nitrogens with zero attached hydrogens (tertiary/aromatic N) is 3. The largest absolute Gasteiger partial charge is 0.361 e. The van der Waals surface area contributed by atoms with Gasteiger partial charge in [0, 0.05) is 39.2 Å². The van der Waals surface area contributed by atoms with E-state index in [0.29, 0.717) is 22.9 Å². The van der Waals surface area contributed by atoms with E-state index < -0.39 is 17.0 Å². The van der Waals surface area contributed by atoms with Crippen molar-refractivity contribution in [2.75, 3.05) is 14.1 Å². The number of nitro groups is 1. The van der Waals surface area contributed by atoms with Crippen molar-refractivity contribution in [3.05, 3.63) is 75.5 Å². The number of carbonyl (C=O) groups is 2. The fourth-order valence-corrected chi connectivity index (χ4v) is 4.38. The molecule has 1 aliphatic heterocycles. The summed E-state index contributed by atoms with van der Waals surface area (Å²) in [5, 5.41) is 12.0. The number of nitrogens with one attached hydrogen (secondary N) is 1. The van der Waals surface area contributed by atoms with E-state index in [9.17, 15) is 19.7 Å². The summed E-state index contributed by atoms with van der Waals surface area (Å²) >= 11 is 0. The van der Waals surface area contributed by atoms with Gasteiger partial charge < -0.3 is 14.8 Å². The summed E-state index contributed by atoms with van der Waals surface area (Å²) in [7, 11) is 3.28. The Labute approximate surface area is 179 Å². The van der Waals surface area contributed by atoms with Gasteiger partial charge in [-0.25, -0.2) is 0 Å². The Morgan fingerprint density at radius 2 is 1.65 bits per heavy atom. The van der Waals surface area contributed by atoms with Crippen LogP contribution in [-0.4, -0.2) is 57.7 Å². The van der Waals surface area contributed by atoms with Gasteiger partial charge in [0.05, 0.1) is 15.8 Å². The van der Waals surface area contributed by atoms with Crippen molar-refractivity contribution in [2.45, 2.75) is 31.8 Å². The van der Waals surface area contributed by atoms with Gasteiger partial charge in [-0.3, -0.25) is 19.7 Å². The molecule has 1 saturated heterocycles. The molecule has 8 nitrogen and oxygen atoms in total. The van der Waals surface area contributed by atoms with Crippen LogP contribution in [0.15, 0.2) is 48.7 Å². The van der Waals surface area contributed by atoms with Crippen LogP contribution in [0, 0.1) is 17.0 Å². The van der Waals surface area contributed by atoms with Crippen LogP contribution in [0.2, 0.25) is 0 Å². The quantitative estimate of drug-likeness (QED) is 0.507. The minimum atomic E-state index is -0.718. The first kappa shape index (κ1) is 20.6. The summed E-state index contributed by atoms with van der Waals surface area (Å²) in [4.78, 5) is 43.5. The number of aromatic nitrogens is 1. The van der Waals surface area contributed by atoms with Gasteiger partial charge in [-0.2, -0.15) is 0 Å². The summed E-state index contributed by atoms with van der Waals surface area (Å²) in [5.74, 6) is -0.310. The molecule has 1 fully saturated rings. The molecule has 1 aliphatic rings. The Balaban J connectivity index is 1.62. The number of H-pyrrole nitrogens is 1. The molecular weight excluding hydrogens is 396 g/mol. The highest BCUT2D eigenvalue weighted by molar-refractivity contribution is 5.98. The van der Waals surface area contributed by atoms with Crippen molar-refractivity contribution in [3.8, 4) is 0 Å². The maximum Gasteiger partial charge on any atom is 0.279 e. The second-order valence-corrected chi connectivity index (χ2v) is 8.10. The molecule has 8 heteroatoms. The summed E-state index contributed by atoms with van der Waals surface area (Å²) in [6.45, 7) is 1.99. The third kappa shape index (κ3) is 3.65. The smallest absolute Gasteiger partial charge is 0.279 e. The van der Waals surface area contributed by atoms with Crippen LogP contribution in [0.5, 0.6) is 0 Å². The summed E-state index contributed by atoms with van der Waals surface area (Å²) in [6.07, 6.45) is 2.33. The molecule has 160 valence electrons. The number of fused-ring (bicyclic) bond motifs is 1. The Morgan fingerprint density at radius 3 is 2.29 bits per heavy atom. The number of nitro benzene ring substituents is 1. The summed E-state index contributed by atoms with van der Waals surface area (Å²) < 4.78 is 0. The van der Waals surface area contributed by atoms with Crippen LogP contribution in [0.1, 0.15) is 16.7 Å². The zero-order valence-electron chi connectivity index (χ0n) is 17.7. The lowest BCUT2D eigenvalue weighted by atomic mass is 9.95. The van der Waals surface area contributed by atoms with E-state index in [1.165, 1.54) is 15.9 Å². The highest BCUT2D eigenvalue weighted by atomic mass is 16.6. The van der Waals surface area contributed by atoms with Crippen molar-refractivity contribution in [1.29, 1.82) is 0 Å². The Morgan fingerprint density at radius 1 is 1.00 bits per heavy atom. The molecule has 0 unspecified atom stereocenters. The number of non-ortho nitro benzene ring substituents is 1. The van der Waals surface area contributed by atoms with E-state index >= 15 is 0 Å². The number of carbonyl (C=O) groups excluding carboxylic acids is 2. The molecule has 0 radical (unpaired) electrons. The average Bonchev–Trinajstić information content (AvgIpc) is 3.16. The van der Waals surface area contributed by atoms with Crippen molar-refractivity contribution in [1.82, 2.24) is 14.8 Å². The van der Waals surface area contributed by atoms with Crippen LogP contribution in [0.3, 0.4) is 0 Å². The predicted octanol–water partition coefficient (Wildman–Crippen LogP) is 2.84. The van der Waals surface area contributed by atoms with Gasteiger partial charge in [0.2, 0.25) is 11.8 Å². The highest BCUT2D eigenvalue weighted by Crippen LogP contribution is 2.31. The number of rotatable bonds is 5. The van der Waals surface area contributed by atoms with Crippen LogP contribution in [0.25, 0.3) is 10.9 Å². The number of amides is 2. The molecule has 2 aromatic carbocycles. The third-order valence-electron chi connectivity index (χ3n) is 6.09. The molecule has 2 heterocycles. The number of benzene rings is 2. The van der Waals surface area contributed by atoms with E-state index in [4.69, 9.17) is 0 Å². The lowest BCUT2D eigenvalue weighted by molar-refractivity contribution is -0.383. The first-order valence-corrected chi connectivity index (χ1v) is 10.1. The van der Waals surface area contributed by atoms with E-state index in [1.807, 2.05) is 31.2 Å². The SMILES string of the molecule is Cc1cccc(C[C@H]2C(=O)N(C)[C@@H](Cc3c[nH]c4cccc([N+](=O)[O-])c34)C(=O)N2C)c1. The van der Waals surface area contributed by atoms with Crippen LogP contribution in [0.4, 0.5) is 5.69 Å². The maximum absolute atomic E-state index is 13.2. The average molecular weight is 420 g/mol. The molecule has 2 amide bonds. The molecule has 0 bridgehead atoms. The lowest BCUT2D eigenvalue weighted by Gasteiger charge is -2.42. The van der Waals surface area contributed by atoms with Crippen LogP contribution in [-0.2, 0) is 22.4 Å². The van der Waals surface area contributed by atoms with Gasteiger partial charge in [0.25, 0.3) is 5.69 Å². The normalized spacial score (nSPS) is 19.3. The van der Waals surface area contributed by atoms with Gasteiger partial charge in [0.15, 0.2) is 0 Å². The Kier molecular flexibility index (Phi) is 5.22. The molecule has 2 atom stereocenters. The monoisotopic (exact) mass is 420 g/mol. The van der Waals surface area contributed by atoms with E-state index in [-0.39, 0.29) is 23.9 Å². The van der Waals surface area contributed by atoms with E-state index in [1.54, 1.807) is 32.4 Å². The number of aryl methyl sites for hydroxylation is 1. The van der Waals surface area contributed by atoms with E-state index in [0.717, 1.165) is 11.1 Å². The van der Waals surface area contributed by atoms with Gasteiger partial charge in [-0.05, 0) is 24.1 Å². The van der Waals surface area contributed by atoms with Crippen LogP contribution >= 0.6 is 0 Å². The third-order valence-corrected chi connectivity index (χ3v) is 6.09. The zero-order chi connectivity index (χ0) is 22.3. The minimum Gasteiger partial charge on any atom is -0.361 e. The molecule has 4 rings (SSSR count). The molecule has 0 spiro atoms. The molecule has 31 heavy (non-hydrogen) atoms. The highest BCUT2D eigenvalue weighted by Gasteiger charge is 2.42. The Hall–Kier alpha value is -3.68. The van der Waals surface area contributed by atoms with Gasteiger partial charge in [-0.15, -0.1) is 0 Å². The fraction of sp³-hybridized carbons (Fsp3) is 0.304. The molecule has 1 N–H and O–H groups in total. The molecule has 1 aromatic heterocycles. The molecule has 0 saturated carbocycles. The first-order chi connectivity index (χ1) is 14.8. The lowest BCUT2D eigenvalue weighted by Crippen LogP contribution is -2.63. The number of likely N-dealkylation sites (N-methyl/N-ethyl adjacent to an activating group) is 2. The predicted molar refractivity (Wildman–Crippen MR) is 117 cm³/mol. The second-order valence-electron chi connectivity index (χ2n) is 8.10. The van der Waals surface area contributed by atoms with Crippen molar-refractivity contribution < 1.29 is 14.5 Å². The van der Waals surface area contributed by atoms with Crippen LogP contribution < -0.4 is 0 Å². The molecule has 3 aromatic rings. The standard InChI is InChI=1S/C23H24N4O4/c1-14-6-4-7-15(10-14)11-19-22(28)26(3)20(23(29)25(19)2)12-16-13-24-17-8-5-9-18(21(16)17)27(30)31/h4-10,13,19-20,24H,11-12H2,1-3H3/t19-,20-/m0/s1. The number of piperazine rings is 1. The summed E-state index contributed by atoms with van der Waals surface area (Å²) in [5.41, 5.74) is 3.36. The molecule has 0 aliphatic carbocycles. The first-order valence-electron chi connectivity index (χ1n) is 10.1. The van der Waals surface area contributed by atoms with Gasteiger partial charge in [0.1, 0.15) is 12.1 Å². The number of aromatic amines is 1. The van der Waals surface area contributed by atoms with Crippen molar-refractivity contribution >= 4 is 28.4 Å². The minimum absolute atomic E-state index is 0.0170. The molecular formula is C23H24N4O4. The number of hydrogen-bond acceptors (Lipinski definition) is 4. The Bertz CT molecular complexity index is 1190. The second kappa shape index (κ2) is 7.86.